The molecule has 0 radical (unpaired) electrons. The normalized spacial score (nSPS) is 19.0. The fourth-order valence-electron chi connectivity index (χ4n) is 3.49. The van der Waals surface area contributed by atoms with Gasteiger partial charge < -0.3 is 9.80 Å². The Morgan fingerprint density at radius 2 is 1.88 bits per heavy atom. The van der Waals surface area contributed by atoms with Crippen LogP contribution in [0.2, 0.25) is 0 Å². The summed E-state index contributed by atoms with van der Waals surface area (Å²) in [5.74, 6) is 0.808. The Kier molecular flexibility index (Phi) is 3.58. The predicted molar refractivity (Wildman–Crippen MR) is 90.4 cm³/mol. The van der Waals surface area contributed by atoms with Crippen LogP contribution in [0.4, 0.5) is 4.79 Å². The van der Waals surface area contributed by atoms with E-state index in [1.165, 1.54) is 12.8 Å². The SMILES string of the molecule is CN(C)C(=O)N1CCC(c2cc(=O)n3[nH]c(C4CC4)cc3n2)CC1. The third-order valence-electron chi connectivity index (χ3n) is 5.07. The van der Waals surface area contributed by atoms with Crippen LogP contribution in [0.1, 0.15) is 48.9 Å². The van der Waals surface area contributed by atoms with E-state index in [4.69, 9.17) is 4.98 Å². The molecule has 7 nitrogen and oxygen atoms in total. The van der Waals surface area contributed by atoms with E-state index in [1.807, 2.05) is 11.0 Å². The molecule has 4 rings (SSSR count). The third kappa shape index (κ3) is 2.68. The maximum Gasteiger partial charge on any atom is 0.319 e. The highest BCUT2D eigenvalue weighted by atomic mass is 16.2. The minimum atomic E-state index is -0.0475. The number of likely N-dealkylation sites (tertiary alicyclic amines) is 1. The Labute approximate surface area is 140 Å². The van der Waals surface area contributed by atoms with Gasteiger partial charge in [0.05, 0.1) is 5.69 Å². The van der Waals surface area contributed by atoms with Crippen molar-refractivity contribution in [3.63, 3.8) is 0 Å². The van der Waals surface area contributed by atoms with Gasteiger partial charge in [0.25, 0.3) is 5.56 Å². The van der Waals surface area contributed by atoms with Crippen LogP contribution in [0.5, 0.6) is 0 Å². The number of piperidine rings is 1. The first kappa shape index (κ1) is 15.2. The molecule has 0 aromatic carbocycles. The molecule has 2 aromatic heterocycles. The number of rotatable bonds is 2. The van der Waals surface area contributed by atoms with Gasteiger partial charge in [-0.3, -0.25) is 9.89 Å². The van der Waals surface area contributed by atoms with Gasteiger partial charge in [-0.2, -0.15) is 0 Å². The number of hydrogen-bond donors (Lipinski definition) is 1. The average molecular weight is 329 g/mol. The molecule has 0 atom stereocenters. The Morgan fingerprint density at radius 1 is 1.17 bits per heavy atom. The lowest BCUT2D eigenvalue weighted by Crippen LogP contribution is -2.43. The summed E-state index contributed by atoms with van der Waals surface area (Å²) in [6.07, 6.45) is 4.07. The summed E-state index contributed by atoms with van der Waals surface area (Å²) < 4.78 is 1.54. The summed E-state index contributed by atoms with van der Waals surface area (Å²) in [7, 11) is 3.54. The molecule has 2 aliphatic rings. The molecule has 2 amide bonds. The lowest BCUT2D eigenvalue weighted by atomic mass is 9.93. The monoisotopic (exact) mass is 329 g/mol. The van der Waals surface area contributed by atoms with Crippen LogP contribution in [0, 0.1) is 0 Å². The van der Waals surface area contributed by atoms with Gasteiger partial charge in [0.2, 0.25) is 0 Å². The number of aromatic amines is 1. The summed E-state index contributed by atoms with van der Waals surface area (Å²) in [5, 5.41) is 3.17. The number of H-pyrrole nitrogens is 1. The highest BCUT2D eigenvalue weighted by molar-refractivity contribution is 5.73. The van der Waals surface area contributed by atoms with Crippen molar-refractivity contribution in [2.24, 2.45) is 0 Å². The molecule has 1 saturated carbocycles. The van der Waals surface area contributed by atoms with Crippen molar-refractivity contribution < 1.29 is 4.79 Å². The molecular weight excluding hydrogens is 306 g/mol. The number of hydrogen-bond acceptors (Lipinski definition) is 3. The van der Waals surface area contributed by atoms with Crippen molar-refractivity contribution in [3.05, 3.63) is 33.9 Å². The molecule has 2 fully saturated rings. The van der Waals surface area contributed by atoms with Crippen LogP contribution in [-0.2, 0) is 0 Å². The average Bonchev–Trinajstić information content (AvgIpc) is 3.33. The first-order valence-electron chi connectivity index (χ1n) is 8.62. The Morgan fingerprint density at radius 3 is 2.50 bits per heavy atom. The first-order chi connectivity index (χ1) is 11.5. The van der Waals surface area contributed by atoms with Gasteiger partial charge in [-0.25, -0.2) is 14.3 Å². The molecule has 1 N–H and O–H groups in total. The van der Waals surface area contributed by atoms with E-state index in [1.54, 1.807) is 29.6 Å². The quantitative estimate of drug-likeness (QED) is 0.912. The second-order valence-corrected chi connectivity index (χ2v) is 7.14. The number of nitrogens with one attached hydrogen (secondary N) is 1. The molecule has 0 spiro atoms. The van der Waals surface area contributed by atoms with Crippen LogP contribution in [0.25, 0.3) is 5.65 Å². The highest BCUT2D eigenvalue weighted by Gasteiger charge is 2.28. The fourth-order valence-corrected chi connectivity index (χ4v) is 3.49. The van der Waals surface area contributed by atoms with Crippen molar-refractivity contribution >= 4 is 11.7 Å². The number of fused-ring (bicyclic) bond motifs is 1. The first-order valence-corrected chi connectivity index (χ1v) is 8.62. The molecule has 7 heteroatoms. The highest BCUT2D eigenvalue weighted by Crippen LogP contribution is 2.39. The maximum atomic E-state index is 12.4. The zero-order valence-corrected chi connectivity index (χ0v) is 14.2. The zero-order chi connectivity index (χ0) is 16.8. The van der Waals surface area contributed by atoms with Crippen molar-refractivity contribution in [1.29, 1.82) is 0 Å². The van der Waals surface area contributed by atoms with Crippen LogP contribution < -0.4 is 5.56 Å². The largest absolute Gasteiger partial charge is 0.331 e. The predicted octanol–water partition coefficient (Wildman–Crippen LogP) is 1.76. The topological polar surface area (TPSA) is 73.7 Å². The van der Waals surface area contributed by atoms with Crippen molar-refractivity contribution in [2.75, 3.05) is 27.2 Å². The summed E-state index contributed by atoms with van der Waals surface area (Å²) in [4.78, 5) is 32.6. The lowest BCUT2D eigenvalue weighted by Gasteiger charge is -2.33. The molecular formula is C17H23N5O2. The van der Waals surface area contributed by atoms with E-state index in [0.29, 0.717) is 24.7 Å². The van der Waals surface area contributed by atoms with E-state index in [2.05, 4.69) is 5.10 Å². The number of aromatic nitrogens is 3. The van der Waals surface area contributed by atoms with Gasteiger partial charge in [0, 0.05) is 56.8 Å². The maximum absolute atomic E-state index is 12.4. The van der Waals surface area contributed by atoms with Crippen LogP contribution in [0.3, 0.4) is 0 Å². The van der Waals surface area contributed by atoms with Crippen molar-refractivity contribution in [1.82, 2.24) is 24.4 Å². The minimum absolute atomic E-state index is 0.0475. The summed E-state index contributed by atoms with van der Waals surface area (Å²) in [6.45, 7) is 1.42. The van der Waals surface area contributed by atoms with Crippen LogP contribution in [-0.4, -0.2) is 57.6 Å². The van der Waals surface area contributed by atoms with Crippen LogP contribution in [0.15, 0.2) is 16.9 Å². The molecule has 2 aromatic rings. The molecule has 3 heterocycles. The van der Waals surface area contributed by atoms with Gasteiger partial charge >= 0.3 is 6.03 Å². The van der Waals surface area contributed by atoms with Gasteiger partial charge in [-0.05, 0) is 25.7 Å². The number of urea groups is 1. The Bertz CT molecular complexity index is 825. The van der Waals surface area contributed by atoms with Crippen molar-refractivity contribution in [3.8, 4) is 0 Å². The molecule has 24 heavy (non-hydrogen) atoms. The molecule has 1 aliphatic carbocycles. The number of carbonyl (C=O) groups is 1. The number of carbonyl (C=O) groups excluding carboxylic acids is 1. The van der Waals surface area contributed by atoms with Gasteiger partial charge in [-0.1, -0.05) is 0 Å². The van der Waals surface area contributed by atoms with Gasteiger partial charge in [0.15, 0.2) is 5.65 Å². The van der Waals surface area contributed by atoms with Gasteiger partial charge in [0.1, 0.15) is 0 Å². The van der Waals surface area contributed by atoms with Gasteiger partial charge in [-0.15, -0.1) is 0 Å². The van der Waals surface area contributed by atoms with E-state index in [0.717, 1.165) is 24.2 Å². The van der Waals surface area contributed by atoms with E-state index in [-0.39, 0.29) is 17.5 Å². The summed E-state index contributed by atoms with van der Waals surface area (Å²) in [5.41, 5.74) is 2.64. The number of amides is 2. The molecule has 1 aliphatic heterocycles. The third-order valence-corrected chi connectivity index (χ3v) is 5.07. The van der Waals surface area contributed by atoms with Crippen molar-refractivity contribution in [2.45, 2.75) is 37.5 Å². The molecule has 128 valence electrons. The van der Waals surface area contributed by atoms with E-state index < -0.39 is 0 Å². The molecule has 1 saturated heterocycles. The van der Waals surface area contributed by atoms with E-state index >= 15 is 0 Å². The summed E-state index contributed by atoms with van der Waals surface area (Å²) >= 11 is 0. The van der Waals surface area contributed by atoms with Crippen LogP contribution >= 0.6 is 0 Å². The zero-order valence-electron chi connectivity index (χ0n) is 14.2. The summed E-state index contributed by atoms with van der Waals surface area (Å²) in [6, 6.07) is 3.71. The Hall–Kier alpha value is -2.31. The Balaban J connectivity index is 1.54. The minimum Gasteiger partial charge on any atom is -0.331 e. The second-order valence-electron chi connectivity index (χ2n) is 7.14. The fraction of sp³-hybridized carbons (Fsp3) is 0.588. The standard InChI is InChI=1S/C17H23N5O2/c1-20(2)17(24)21-7-5-12(6-8-21)13-10-16(23)22-15(18-13)9-14(19-22)11-3-4-11/h9-12,19H,3-8H2,1-2H3. The lowest BCUT2D eigenvalue weighted by molar-refractivity contribution is 0.156. The van der Waals surface area contributed by atoms with E-state index in [9.17, 15) is 9.59 Å². The molecule has 0 unspecified atom stereocenters. The number of nitrogens with zero attached hydrogens (tertiary/aromatic N) is 4. The smallest absolute Gasteiger partial charge is 0.319 e. The second kappa shape index (κ2) is 5.65. The molecule has 0 bridgehead atoms.